The molecule has 1 fully saturated rings. The summed E-state index contributed by atoms with van der Waals surface area (Å²) in [7, 11) is 0. The summed E-state index contributed by atoms with van der Waals surface area (Å²) in [6.45, 7) is 12.3. The normalized spacial score (nSPS) is 23.9. The van der Waals surface area contributed by atoms with Crippen LogP contribution < -0.4 is 10.2 Å². The van der Waals surface area contributed by atoms with Crippen molar-refractivity contribution in [1.82, 2.24) is 10.3 Å². The van der Waals surface area contributed by atoms with Crippen molar-refractivity contribution in [2.75, 3.05) is 18.0 Å². The number of rotatable bonds is 5. The van der Waals surface area contributed by atoms with Crippen molar-refractivity contribution in [3.05, 3.63) is 10.6 Å². The monoisotopic (exact) mass is 281 g/mol. The Bertz CT molecular complexity index is 402. The minimum Gasteiger partial charge on any atom is -0.345 e. The molecule has 1 aromatic rings. The van der Waals surface area contributed by atoms with Crippen LogP contribution in [0.1, 0.15) is 50.6 Å². The first-order chi connectivity index (χ1) is 9.11. The maximum Gasteiger partial charge on any atom is 0.186 e. The molecule has 3 nitrogen and oxygen atoms in total. The summed E-state index contributed by atoms with van der Waals surface area (Å²) in [5, 5.41) is 4.71. The third-order valence-corrected chi connectivity index (χ3v) is 5.17. The van der Waals surface area contributed by atoms with Gasteiger partial charge in [-0.25, -0.2) is 4.98 Å². The lowest BCUT2D eigenvalue weighted by Gasteiger charge is -2.36. The molecule has 0 spiro atoms. The van der Waals surface area contributed by atoms with Crippen LogP contribution in [0, 0.1) is 12.8 Å². The number of nitrogens with zero attached hydrogens (tertiary/aromatic N) is 2. The van der Waals surface area contributed by atoms with Crippen LogP contribution in [0.15, 0.2) is 0 Å². The van der Waals surface area contributed by atoms with Crippen LogP contribution in [-0.2, 0) is 6.54 Å². The van der Waals surface area contributed by atoms with Gasteiger partial charge < -0.3 is 10.2 Å². The second kappa shape index (κ2) is 6.71. The first-order valence-electron chi connectivity index (χ1n) is 7.55. The van der Waals surface area contributed by atoms with Crippen molar-refractivity contribution in [3.8, 4) is 0 Å². The van der Waals surface area contributed by atoms with E-state index in [1.807, 2.05) is 11.3 Å². The topological polar surface area (TPSA) is 28.2 Å². The molecule has 2 unspecified atom stereocenters. The van der Waals surface area contributed by atoms with E-state index < -0.39 is 0 Å². The fourth-order valence-electron chi connectivity index (χ4n) is 2.77. The Morgan fingerprint density at radius 2 is 2.21 bits per heavy atom. The second-order valence-electron chi connectivity index (χ2n) is 5.85. The summed E-state index contributed by atoms with van der Waals surface area (Å²) in [4.78, 5) is 8.69. The molecule has 0 aromatic carbocycles. The van der Waals surface area contributed by atoms with Crippen molar-refractivity contribution in [2.24, 2.45) is 5.92 Å². The third-order valence-electron chi connectivity index (χ3n) is 3.98. The molecule has 108 valence electrons. The molecule has 1 aromatic heterocycles. The van der Waals surface area contributed by atoms with E-state index in [2.05, 4.69) is 37.9 Å². The predicted molar refractivity (Wildman–Crippen MR) is 84.1 cm³/mol. The first kappa shape index (κ1) is 14.8. The minimum atomic E-state index is 0.630. The average Bonchev–Trinajstić information content (AvgIpc) is 2.71. The Hall–Kier alpha value is -0.610. The molecule has 0 aliphatic carbocycles. The second-order valence-corrected chi connectivity index (χ2v) is 6.92. The van der Waals surface area contributed by atoms with E-state index in [1.165, 1.54) is 35.0 Å². The van der Waals surface area contributed by atoms with E-state index in [4.69, 9.17) is 4.98 Å². The molecule has 0 radical (unpaired) electrons. The van der Waals surface area contributed by atoms with Gasteiger partial charge in [0, 0.05) is 24.0 Å². The highest BCUT2D eigenvalue weighted by Crippen LogP contribution is 2.32. The van der Waals surface area contributed by atoms with Gasteiger partial charge in [-0.2, -0.15) is 0 Å². The van der Waals surface area contributed by atoms with E-state index in [-0.39, 0.29) is 0 Å². The molecule has 0 saturated carbocycles. The van der Waals surface area contributed by atoms with Crippen molar-refractivity contribution in [1.29, 1.82) is 0 Å². The quantitative estimate of drug-likeness (QED) is 0.836. The largest absolute Gasteiger partial charge is 0.345 e. The van der Waals surface area contributed by atoms with E-state index in [0.29, 0.717) is 6.04 Å². The molecule has 4 heteroatoms. The summed E-state index contributed by atoms with van der Waals surface area (Å²) >= 11 is 1.87. The zero-order chi connectivity index (χ0) is 13.8. The molecule has 2 heterocycles. The van der Waals surface area contributed by atoms with Crippen molar-refractivity contribution < 1.29 is 0 Å². The van der Waals surface area contributed by atoms with Crippen LogP contribution in [0.3, 0.4) is 0 Å². The lowest BCUT2D eigenvalue weighted by atomic mass is 9.94. The third kappa shape index (κ3) is 3.69. The smallest absolute Gasteiger partial charge is 0.186 e. The predicted octanol–water partition coefficient (Wildman–Crippen LogP) is 3.58. The van der Waals surface area contributed by atoms with Gasteiger partial charge in [0.05, 0.1) is 5.69 Å². The molecule has 1 saturated heterocycles. The van der Waals surface area contributed by atoms with Gasteiger partial charge in [-0.15, -0.1) is 11.3 Å². The van der Waals surface area contributed by atoms with E-state index in [9.17, 15) is 0 Å². The van der Waals surface area contributed by atoms with Crippen LogP contribution in [0.5, 0.6) is 0 Å². The Balaban J connectivity index is 2.02. The molecule has 19 heavy (non-hydrogen) atoms. The van der Waals surface area contributed by atoms with Gasteiger partial charge >= 0.3 is 0 Å². The fourth-order valence-corrected chi connectivity index (χ4v) is 3.93. The van der Waals surface area contributed by atoms with E-state index in [0.717, 1.165) is 25.6 Å². The van der Waals surface area contributed by atoms with E-state index in [1.54, 1.807) is 0 Å². The Labute approximate surface area is 121 Å². The highest BCUT2D eigenvalue weighted by molar-refractivity contribution is 7.15. The fraction of sp³-hybridized carbons (Fsp3) is 0.800. The molecule has 1 aliphatic rings. The van der Waals surface area contributed by atoms with Crippen molar-refractivity contribution >= 4 is 16.5 Å². The average molecular weight is 281 g/mol. The van der Waals surface area contributed by atoms with Crippen LogP contribution in [0.2, 0.25) is 0 Å². The zero-order valence-corrected chi connectivity index (χ0v) is 13.5. The summed E-state index contributed by atoms with van der Waals surface area (Å²) < 4.78 is 0. The van der Waals surface area contributed by atoms with Crippen LogP contribution in [-0.4, -0.2) is 24.1 Å². The summed E-state index contributed by atoms with van der Waals surface area (Å²) in [6, 6.07) is 0.630. The maximum absolute atomic E-state index is 4.79. The van der Waals surface area contributed by atoms with Crippen molar-refractivity contribution in [2.45, 2.75) is 59.5 Å². The Morgan fingerprint density at radius 1 is 1.42 bits per heavy atom. The zero-order valence-electron chi connectivity index (χ0n) is 12.7. The van der Waals surface area contributed by atoms with Gasteiger partial charge in [0.2, 0.25) is 0 Å². The number of hydrogen-bond donors (Lipinski definition) is 1. The summed E-state index contributed by atoms with van der Waals surface area (Å²) in [5.74, 6) is 0.859. The number of aromatic nitrogens is 1. The number of anilines is 1. The number of thiazole rings is 1. The number of aryl methyl sites for hydroxylation is 1. The number of hydrogen-bond acceptors (Lipinski definition) is 4. The first-order valence-corrected chi connectivity index (χ1v) is 8.37. The van der Waals surface area contributed by atoms with Gasteiger partial charge in [0.15, 0.2) is 5.13 Å². The molecular weight excluding hydrogens is 254 g/mol. The van der Waals surface area contributed by atoms with Gasteiger partial charge in [0.25, 0.3) is 0 Å². The Morgan fingerprint density at radius 3 is 2.89 bits per heavy atom. The van der Waals surface area contributed by atoms with E-state index >= 15 is 0 Å². The summed E-state index contributed by atoms with van der Waals surface area (Å²) in [5.41, 5.74) is 1.20. The van der Waals surface area contributed by atoms with Gasteiger partial charge in [0.1, 0.15) is 0 Å². The molecule has 0 bridgehead atoms. The highest BCUT2D eigenvalue weighted by atomic mass is 32.1. The lowest BCUT2D eigenvalue weighted by molar-refractivity contribution is 0.377. The Kier molecular flexibility index (Phi) is 5.22. The van der Waals surface area contributed by atoms with Crippen LogP contribution in [0.25, 0.3) is 0 Å². The number of nitrogens with one attached hydrogen (secondary N) is 1. The standard InChI is InChI=1S/C15H27N3S/c1-5-7-16-10-14-13(4)17-15(19-14)18-8-6-11(2)9-12(18)3/h11-12,16H,5-10H2,1-4H3. The molecule has 1 aliphatic heterocycles. The molecule has 2 atom stereocenters. The molecule has 0 amide bonds. The number of piperidine rings is 1. The van der Waals surface area contributed by atoms with Crippen LogP contribution >= 0.6 is 11.3 Å². The molecular formula is C15H27N3S. The van der Waals surface area contributed by atoms with Gasteiger partial charge in [-0.3, -0.25) is 0 Å². The highest BCUT2D eigenvalue weighted by Gasteiger charge is 2.25. The lowest BCUT2D eigenvalue weighted by Crippen LogP contribution is -2.40. The van der Waals surface area contributed by atoms with Crippen LogP contribution in [0.4, 0.5) is 5.13 Å². The molecule has 1 N–H and O–H groups in total. The summed E-state index contributed by atoms with van der Waals surface area (Å²) in [6.07, 6.45) is 3.78. The SMILES string of the molecule is CCCNCc1sc(N2CCC(C)CC2C)nc1C. The van der Waals surface area contributed by atoms with Crippen molar-refractivity contribution in [3.63, 3.8) is 0 Å². The van der Waals surface area contributed by atoms with Gasteiger partial charge in [-0.05, 0) is 45.6 Å². The minimum absolute atomic E-state index is 0.630. The maximum atomic E-state index is 4.79. The van der Waals surface area contributed by atoms with Gasteiger partial charge in [-0.1, -0.05) is 13.8 Å². The molecule has 2 rings (SSSR count).